The number of hydrogen-bond donors (Lipinski definition) is 20. The second-order valence-corrected chi connectivity index (χ2v) is 24.5. The number of carboxylic acid groups (broad SMARTS) is 1. The number of phenolic OH excluding ortho intramolecular Hbond substituents is 2. The number of hydrogen-bond acceptors (Lipinski definition) is 30. The Morgan fingerprint density at radius 3 is 0.990 bits per heavy atom. The Hall–Kier alpha value is -7.53. The summed E-state index contributed by atoms with van der Waals surface area (Å²) >= 11 is 0. The third-order valence-electron chi connectivity index (χ3n) is 13.3. The molecule has 0 fully saturated rings. The molecule has 0 aliphatic rings. The number of azo groups is 2. The molecule has 20 N–H and O–H groups in total. The molecule has 6 aromatic carbocycles. The summed E-state index contributed by atoms with van der Waals surface area (Å²) < 4.78 is 101. The monoisotopic (exact) mass is 1450 g/mol. The van der Waals surface area contributed by atoms with Gasteiger partial charge in [-0.15, -0.1) is 10.2 Å². The van der Waals surface area contributed by atoms with Crippen LogP contribution in [0.4, 0.5) is 38.9 Å². The Bertz CT molecular complexity index is 3710. The predicted molar refractivity (Wildman–Crippen MR) is 357 cm³/mol. The number of nitrogens with one attached hydrogen (secondary N) is 2. The molecule has 0 spiro atoms. The van der Waals surface area contributed by atoms with E-state index in [-0.39, 0.29) is 135 Å². The van der Waals surface area contributed by atoms with Gasteiger partial charge < -0.3 is 87.2 Å². The molecule has 0 saturated carbocycles. The minimum atomic E-state index is -5.05. The maximum absolute atomic E-state index is 13.0. The number of aromatic carboxylic acids is 1. The van der Waals surface area contributed by atoms with Crippen LogP contribution in [-0.4, -0.2) is 305 Å². The number of aliphatic hydroxyl groups is 12. The van der Waals surface area contributed by atoms with Gasteiger partial charge in [-0.2, -0.15) is 35.5 Å². The number of carbonyl (C=O) groups excluding carboxylic acids is 1. The minimum absolute atomic E-state index is 0.0136. The van der Waals surface area contributed by atoms with E-state index < -0.39 is 79.9 Å². The van der Waals surface area contributed by atoms with Crippen molar-refractivity contribution in [3.05, 3.63) is 102 Å². The first-order valence-corrected chi connectivity index (χ1v) is 33.9. The van der Waals surface area contributed by atoms with Crippen molar-refractivity contribution in [3.63, 3.8) is 0 Å². The van der Waals surface area contributed by atoms with Crippen molar-refractivity contribution in [2.24, 2.45) is 20.5 Å². The second kappa shape index (κ2) is 45.2. The van der Waals surface area contributed by atoms with Gasteiger partial charge in [0.25, 0.3) is 30.4 Å². The van der Waals surface area contributed by atoms with Gasteiger partial charge in [0.15, 0.2) is 11.5 Å². The number of anilines is 2. The number of aromatic hydroxyl groups is 2. The molecule has 0 aliphatic carbocycles. The van der Waals surface area contributed by atoms with Crippen molar-refractivity contribution >= 4 is 98.0 Å². The van der Waals surface area contributed by atoms with E-state index in [4.69, 9.17) is 66.4 Å². The van der Waals surface area contributed by atoms with Crippen LogP contribution in [-0.2, 0) is 30.4 Å². The Kier molecular flexibility index (Phi) is 39.9. The van der Waals surface area contributed by atoms with Crippen LogP contribution >= 0.6 is 0 Å². The SMILES string of the molecule is Cc1cc(S(=O)(=O)O)ccc1N=Nc1c(S(=O)(=O)O)cc2cc(NC(=O)Nc3ccc4c(O)c(N=Nc5ccc(C(=O)O)cc5)c(S(=O)(=O)O)cc4c3)ccc2c1O.OCCN(CCO)CCO.OCCN(CCO)CCO.OCCN(CCO)CCO.OCCN(CCO)CCO. The summed E-state index contributed by atoms with van der Waals surface area (Å²) in [5, 5.41) is 153. The average molecular weight is 1450 g/mol. The lowest BCUT2D eigenvalue weighted by Gasteiger charge is -2.17. The van der Waals surface area contributed by atoms with Crippen molar-refractivity contribution in [2.75, 3.05) is 168 Å². The number of carboxylic acids is 1. The highest BCUT2D eigenvalue weighted by Gasteiger charge is 2.25. The fourth-order valence-corrected chi connectivity index (χ4v) is 10.4. The average Bonchev–Trinajstić information content (AvgIpc) is 0.775. The largest absolute Gasteiger partial charge is 0.505 e. The predicted octanol–water partition coefficient (Wildman–Crippen LogP) is 0.687. The van der Waals surface area contributed by atoms with Crippen molar-refractivity contribution < 1.29 is 125 Å². The van der Waals surface area contributed by atoms with E-state index in [0.29, 0.717) is 78.5 Å². The van der Waals surface area contributed by atoms with Gasteiger partial charge in [-0.25, -0.2) is 9.59 Å². The number of aliphatic hydroxyl groups excluding tert-OH is 12. The Labute approximate surface area is 564 Å². The highest BCUT2D eigenvalue weighted by molar-refractivity contribution is 7.86. The topological polar surface area (TPSA) is 587 Å². The van der Waals surface area contributed by atoms with Crippen molar-refractivity contribution in [1.29, 1.82) is 0 Å². The number of urea groups is 1. The molecule has 0 radical (unpaired) electrons. The summed E-state index contributed by atoms with van der Waals surface area (Å²) in [5.74, 6) is -2.60. The van der Waals surface area contributed by atoms with Gasteiger partial charge >= 0.3 is 12.0 Å². The highest BCUT2D eigenvalue weighted by atomic mass is 32.2. The van der Waals surface area contributed by atoms with Crippen molar-refractivity contribution in [3.8, 4) is 11.5 Å². The van der Waals surface area contributed by atoms with Crippen LogP contribution in [0, 0.1) is 6.92 Å². The summed E-state index contributed by atoms with van der Waals surface area (Å²) in [6.07, 6.45) is 0. The summed E-state index contributed by atoms with van der Waals surface area (Å²) in [4.78, 5) is 29.2. The van der Waals surface area contributed by atoms with E-state index in [2.05, 4.69) is 31.1 Å². The fraction of sp³-hybridized carbons (Fsp3) is 0.424. The Morgan fingerprint density at radius 2 is 0.714 bits per heavy atom. The minimum Gasteiger partial charge on any atom is -0.505 e. The van der Waals surface area contributed by atoms with Crippen LogP contribution in [0.15, 0.2) is 126 Å². The van der Waals surface area contributed by atoms with E-state index in [9.17, 15) is 58.7 Å². The summed E-state index contributed by atoms with van der Waals surface area (Å²) in [5.41, 5.74) is -0.832. The van der Waals surface area contributed by atoms with Crippen LogP contribution in [0.2, 0.25) is 0 Å². The maximum atomic E-state index is 13.0. The second-order valence-electron chi connectivity index (χ2n) is 20.3. The number of fused-ring (bicyclic) bond motifs is 2. The van der Waals surface area contributed by atoms with Gasteiger partial charge in [-0.3, -0.25) is 33.3 Å². The van der Waals surface area contributed by atoms with Gasteiger partial charge in [0.05, 0.1) is 101 Å². The third-order valence-corrected chi connectivity index (χ3v) is 15.9. The zero-order chi connectivity index (χ0) is 73.6. The zero-order valence-electron chi connectivity index (χ0n) is 53.2. The third kappa shape index (κ3) is 30.3. The lowest BCUT2D eigenvalue weighted by atomic mass is 10.1. The molecular weight excluding hydrogens is 1360 g/mol. The number of carbonyl (C=O) groups is 2. The van der Waals surface area contributed by atoms with Crippen LogP contribution in [0.5, 0.6) is 11.5 Å². The first-order valence-electron chi connectivity index (χ1n) is 29.6. The molecule has 0 bridgehead atoms. The molecule has 98 heavy (non-hydrogen) atoms. The van der Waals surface area contributed by atoms with E-state index in [1.807, 2.05) is 0 Å². The number of nitrogens with zero attached hydrogens (tertiary/aromatic N) is 8. The van der Waals surface area contributed by atoms with Gasteiger partial charge in [0.1, 0.15) is 21.2 Å². The van der Waals surface area contributed by atoms with Crippen molar-refractivity contribution in [2.45, 2.75) is 21.6 Å². The Morgan fingerprint density at radius 1 is 0.398 bits per heavy atom. The number of amides is 2. The molecule has 36 nitrogen and oxygen atoms in total. The van der Waals surface area contributed by atoms with Crippen LogP contribution in [0.1, 0.15) is 15.9 Å². The molecule has 0 atom stereocenters. The van der Waals surface area contributed by atoms with Gasteiger partial charge in [-0.1, -0.05) is 0 Å². The molecular formula is C59H86N10O26S3. The fourth-order valence-electron chi connectivity index (χ4n) is 8.56. The molecule has 6 aromatic rings. The molecule has 0 heterocycles. The quantitative estimate of drug-likeness (QED) is 0.0195. The molecule has 0 aromatic heterocycles. The van der Waals surface area contributed by atoms with E-state index in [0.717, 1.165) is 24.3 Å². The van der Waals surface area contributed by atoms with Crippen LogP contribution in [0.25, 0.3) is 21.5 Å². The van der Waals surface area contributed by atoms with E-state index in [1.54, 1.807) is 19.6 Å². The molecule has 0 aliphatic heterocycles. The van der Waals surface area contributed by atoms with Crippen LogP contribution < -0.4 is 10.6 Å². The van der Waals surface area contributed by atoms with Crippen molar-refractivity contribution in [1.82, 2.24) is 19.6 Å². The van der Waals surface area contributed by atoms with Gasteiger partial charge in [-0.05, 0) is 114 Å². The summed E-state index contributed by atoms with van der Waals surface area (Å²) in [6, 6.07) is 17.2. The standard InChI is InChI=1S/C35H26N6O14S3.4C6H15NO3/c1-17-12-24(56(47,48)49)8-11-27(17)39-41-31-29(58(53,54)55)16-20-14-23(7-10-26(20)33(31)43)37-35(46)36-22-6-9-25-19(13-22)15-28(57(50,51)52)30(32(25)42)40-38-21-4-2-18(3-5-21)34(44)45;4*8-4-1-7(2-5-9)3-6-10/h2-16,42-43H,1H3,(H,44,45)(H2,36,37,46)(H,47,48,49)(H,50,51,52)(H,53,54,55);4*8-10H,1-6H2. The first kappa shape index (κ1) is 86.6. The zero-order valence-corrected chi connectivity index (χ0v) is 55.7. The summed E-state index contributed by atoms with van der Waals surface area (Å²) in [7, 11) is -14.6. The van der Waals surface area contributed by atoms with E-state index in [1.165, 1.54) is 73.7 Å². The van der Waals surface area contributed by atoms with Gasteiger partial charge in [0, 0.05) is 101 Å². The maximum Gasteiger partial charge on any atom is 0.335 e. The number of phenols is 2. The first-order chi connectivity index (χ1) is 46.5. The number of rotatable bonds is 34. The lowest BCUT2D eigenvalue weighted by molar-refractivity contribution is 0.0696. The van der Waals surface area contributed by atoms with Crippen LogP contribution in [0.3, 0.4) is 0 Å². The molecule has 39 heteroatoms. The number of aryl methyl sites for hydroxylation is 1. The number of benzene rings is 6. The highest BCUT2D eigenvalue weighted by Crippen LogP contribution is 2.44. The summed E-state index contributed by atoms with van der Waals surface area (Å²) in [6.45, 7) is 8.45. The van der Waals surface area contributed by atoms with Gasteiger partial charge in [0.2, 0.25) is 0 Å². The van der Waals surface area contributed by atoms with E-state index >= 15 is 0 Å². The lowest BCUT2D eigenvalue weighted by Crippen LogP contribution is -2.32. The molecule has 546 valence electrons. The molecule has 2 amide bonds. The molecule has 0 saturated heterocycles. The smallest absolute Gasteiger partial charge is 0.335 e. The normalized spacial score (nSPS) is 11.8. The molecule has 6 rings (SSSR count). The Balaban J connectivity index is 0.000000655. The molecule has 0 unspecified atom stereocenters.